The van der Waals surface area contributed by atoms with Gasteiger partial charge in [-0.15, -0.1) is 0 Å². The van der Waals surface area contributed by atoms with Crippen molar-refractivity contribution in [2.75, 3.05) is 0 Å². The zero-order valence-electron chi connectivity index (χ0n) is 12.7. The number of hydrogen-bond acceptors (Lipinski definition) is 3. The average molecular weight is 308 g/mol. The highest BCUT2D eigenvalue weighted by Crippen LogP contribution is 2.30. The van der Waals surface area contributed by atoms with Gasteiger partial charge >= 0.3 is 0 Å². The van der Waals surface area contributed by atoms with Crippen molar-refractivity contribution in [1.29, 1.82) is 0 Å². The fourth-order valence-corrected chi connectivity index (χ4v) is 3.11. The Hall–Kier alpha value is -2.49. The minimum atomic E-state index is -0.233. The van der Waals surface area contributed by atoms with Gasteiger partial charge in [0, 0.05) is 0 Å². The lowest BCUT2D eigenvalue weighted by molar-refractivity contribution is 0.204. The van der Waals surface area contributed by atoms with Gasteiger partial charge in [-0.3, -0.25) is 0 Å². The Morgan fingerprint density at radius 1 is 0.913 bits per heavy atom. The molecule has 0 saturated heterocycles. The van der Waals surface area contributed by atoms with E-state index in [9.17, 15) is 4.39 Å². The highest BCUT2D eigenvalue weighted by Gasteiger charge is 2.18. The Morgan fingerprint density at radius 3 is 2.43 bits per heavy atom. The van der Waals surface area contributed by atoms with E-state index in [1.165, 1.54) is 25.0 Å². The number of halogens is 1. The van der Waals surface area contributed by atoms with Crippen LogP contribution in [-0.4, -0.2) is 16.1 Å². The minimum Gasteiger partial charge on any atom is -0.474 e. The molecule has 0 N–H and O–H groups in total. The molecule has 3 nitrogen and oxygen atoms in total. The van der Waals surface area contributed by atoms with E-state index in [-0.39, 0.29) is 11.9 Å². The van der Waals surface area contributed by atoms with Crippen molar-refractivity contribution in [2.24, 2.45) is 0 Å². The summed E-state index contributed by atoms with van der Waals surface area (Å²) < 4.78 is 19.2. The van der Waals surface area contributed by atoms with Crippen molar-refractivity contribution in [2.45, 2.75) is 31.8 Å². The van der Waals surface area contributed by atoms with Gasteiger partial charge < -0.3 is 4.74 Å². The summed E-state index contributed by atoms with van der Waals surface area (Å²) in [5.41, 5.74) is 2.83. The highest BCUT2D eigenvalue weighted by molar-refractivity contribution is 5.88. The van der Waals surface area contributed by atoms with Gasteiger partial charge in [0.25, 0.3) is 0 Å². The molecule has 1 heterocycles. The van der Waals surface area contributed by atoms with E-state index >= 15 is 0 Å². The summed E-state index contributed by atoms with van der Waals surface area (Å²) >= 11 is 0. The van der Waals surface area contributed by atoms with Crippen LogP contribution in [0.3, 0.4) is 0 Å². The minimum absolute atomic E-state index is 0.233. The number of benzene rings is 2. The fraction of sp³-hybridized carbons (Fsp3) is 0.263. The molecule has 0 amide bonds. The van der Waals surface area contributed by atoms with Gasteiger partial charge in [0.1, 0.15) is 18.2 Å². The summed E-state index contributed by atoms with van der Waals surface area (Å²) in [5.74, 6) is 0.411. The zero-order valence-corrected chi connectivity index (χ0v) is 12.7. The second-order valence-electron chi connectivity index (χ2n) is 5.94. The molecular weight excluding hydrogens is 291 g/mol. The molecule has 4 heteroatoms. The second-order valence-corrected chi connectivity index (χ2v) is 5.94. The van der Waals surface area contributed by atoms with Crippen LogP contribution < -0.4 is 4.74 Å². The first-order valence-electron chi connectivity index (χ1n) is 7.97. The third-order valence-corrected chi connectivity index (χ3v) is 4.36. The molecule has 0 unspecified atom stereocenters. The summed E-state index contributed by atoms with van der Waals surface area (Å²) in [5, 5.41) is 0.904. The SMILES string of the molecule is Fc1ccc(-c2ccc3ncnc(OC4CCCC4)c3c2)cc1. The molecule has 0 radical (unpaired) electrons. The standard InChI is InChI=1S/C19H17FN2O/c20-15-8-5-13(6-9-15)14-7-10-18-17(11-14)19(22-12-21-18)23-16-3-1-2-4-16/h5-12,16H,1-4H2. The first-order valence-corrected chi connectivity index (χ1v) is 7.97. The smallest absolute Gasteiger partial charge is 0.224 e. The van der Waals surface area contributed by atoms with E-state index in [0.717, 1.165) is 34.9 Å². The second kappa shape index (κ2) is 5.95. The Balaban J connectivity index is 1.75. The predicted molar refractivity (Wildman–Crippen MR) is 87.8 cm³/mol. The Labute approximate surface area is 134 Å². The van der Waals surface area contributed by atoms with Crippen LogP contribution in [0.25, 0.3) is 22.0 Å². The molecule has 3 aromatic rings. The van der Waals surface area contributed by atoms with Crippen LogP contribution in [0.4, 0.5) is 4.39 Å². The predicted octanol–water partition coefficient (Wildman–Crippen LogP) is 4.76. The molecule has 23 heavy (non-hydrogen) atoms. The zero-order chi connectivity index (χ0) is 15.6. The molecular formula is C19H17FN2O. The lowest BCUT2D eigenvalue weighted by atomic mass is 10.0. The third-order valence-electron chi connectivity index (χ3n) is 4.36. The normalized spacial score (nSPS) is 15.2. The maximum atomic E-state index is 13.1. The molecule has 1 aliphatic carbocycles. The van der Waals surface area contributed by atoms with Crippen molar-refractivity contribution in [3.63, 3.8) is 0 Å². The summed E-state index contributed by atoms with van der Waals surface area (Å²) in [6.45, 7) is 0. The number of nitrogens with zero attached hydrogens (tertiary/aromatic N) is 2. The largest absolute Gasteiger partial charge is 0.474 e. The quantitative estimate of drug-likeness (QED) is 0.700. The topological polar surface area (TPSA) is 35.0 Å². The van der Waals surface area contributed by atoms with Crippen molar-refractivity contribution in [3.8, 4) is 17.0 Å². The average Bonchev–Trinajstić information content (AvgIpc) is 3.09. The van der Waals surface area contributed by atoms with Gasteiger partial charge in [0.05, 0.1) is 10.9 Å². The number of rotatable bonds is 3. The Morgan fingerprint density at radius 2 is 1.65 bits per heavy atom. The van der Waals surface area contributed by atoms with Crippen LogP contribution >= 0.6 is 0 Å². The molecule has 0 bridgehead atoms. The third kappa shape index (κ3) is 2.89. The van der Waals surface area contributed by atoms with E-state index in [1.807, 2.05) is 18.2 Å². The van der Waals surface area contributed by atoms with Crippen LogP contribution in [0, 0.1) is 5.82 Å². The first kappa shape index (κ1) is 14.1. The molecule has 0 spiro atoms. The summed E-state index contributed by atoms with van der Waals surface area (Å²) in [6, 6.07) is 12.5. The van der Waals surface area contributed by atoms with E-state index in [4.69, 9.17) is 4.74 Å². The van der Waals surface area contributed by atoms with Crippen molar-refractivity contribution in [1.82, 2.24) is 9.97 Å². The number of ether oxygens (including phenoxy) is 1. The fourth-order valence-electron chi connectivity index (χ4n) is 3.11. The van der Waals surface area contributed by atoms with Gasteiger partial charge in [-0.25, -0.2) is 14.4 Å². The lowest BCUT2D eigenvalue weighted by Gasteiger charge is -2.14. The maximum absolute atomic E-state index is 13.1. The molecule has 0 atom stereocenters. The molecule has 2 aromatic carbocycles. The molecule has 0 aliphatic heterocycles. The first-order chi connectivity index (χ1) is 11.3. The Bertz CT molecular complexity index is 826. The molecule has 1 fully saturated rings. The molecule has 116 valence electrons. The number of fused-ring (bicyclic) bond motifs is 1. The molecule has 1 saturated carbocycles. The van der Waals surface area contributed by atoms with Gasteiger partial charge in [-0.05, 0) is 61.1 Å². The monoisotopic (exact) mass is 308 g/mol. The maximum Gasteiger partial charge on any atom is 0.224 e. The molecule has 4 rings (SSSR count). The van der Waals surface area contributed by atoms with Crippen molar-refractivity contribution < 1.29 is 9.13 Å². The van der Waals surface area contributed by atoms with E-state index in [0.29, 0.717) is 5.88 Å². The van der Waals surface area contributed by atoms with E-state index < -0.39 is 0 Å². The molecule has 1 aliphatic rings. The molecule has 1 aromatic heterocycles. The van der Waals surface area contributed by atoms with E-state index in [1.54, 1.807) is 18.5 Å². The highest BCUT2D eigenvalue weighted by atomic mass is 19.1. The van der Waals surface area contributed by atoms with Gasteiger partial charge in [-0.1, -0.05) is 18.2 Å². The number of aromatic nitrogens is 2. The Kier molecular flexibility index (Phi) is 3.66. The van der Waals surface area contributed by atoms with E-state index in [2.05, 4.69) is 9.97 Å². The van der Waals surface area contributed by atoms with Crippen LogP contribution in [0.1, 0.15) is 25.7 Å². The summed E-state index contributed by atoms with van der Waals surface area (Å²) in [4.78, 5) is 8.64. The van der Waals surface area contributed by atoms with Crippen LogP contribution in [-0.2, 0) is 0 Å². The lowest BCUT2D eigenvalue weighted by Crippen LogP contribution is -2.12. The number of hydrogen-bond donors (Lipinski definition) is 0. The summed E-state index contributed by atoms with van der Waals surface area (Å²) in [6.07, 6.45) is 6.40. The van der Waals surface area contributed by atoms with Gasteiger partial charge in [0.2, 0.25) is 5.88 Å². The van der Waals surface area contributed by atoms with Crippen LogP contribution in [0.15, 0.2) is 48.8 Å². The van der Waals surface area contributed by atoms with Crippen LogP contribution in [0.5, 0.6) is 5.88 Å². The van der Waals surface area contributed by atoms with Crippen molar-refractivity contribution in [3.05, 3.63) is 54.6 Å². The van der Waals surface area contributed by atoms with Crippen LogP contribution in [0.2, 0.25) is 0 Å². The van der Waals surface area contributed by atoms with Crippen molar-refractivity contribution >= 4 is 10.9 Å². The summed E-state index contributed by atoms with van der Waals surface area (Å²) in [7, 11) is 0. The van der Waals surface area contributed by atoms with Gasteiger partial charge in [-0.2, -0.15) is 0 Å². The van der Waals surface area contributed by atoms with Gasteiger partial charge in [0.15, 0.2) is 0 Å².